The molecule has 1 amide bonds. The summed E-state index contributed by atoms with van der Waals surface area (Å²) >= 11 is 0. The first-order valence-electron chi connectivity index (χ1n) is 10.6. The van der Waals surface area contributed by atoms with Crippen LogP contribution in [0.25, 0.3) is 0 Å². The summed E-state index contributed by atoms with van der Waals surface area (Å²) in [7, 11) is 1.68. The Balaban J connectivity index is 1.46. The number of pyridine rings is 1. The zero-order chi connectivity index (χ0) is 20.0. The van der Waals surface area contributed by atoms with Crippen LogP contribution in [-0.2, 0) is 16.1 Å². The fourth-order valence-corrected chi connectivity index (χ4v) is 4.57. The molecule has 0 aliphatic carbocycles. The van der Waals surface area contributed by atoms with Gasteiger partial charge in [-0.05, 0) is 76.9 Å². The van der Waals surface area contributed by atoms with Crippen molar-refractivity contribution >= 4 is 5.91 Å². The van der Waals surface area contributed by atoms with Crippen LogP contribution in [0.1, 0.15) is 45.1 Å². The van der Waals surface area contributed by atoms with Gasteiger partial charge in [0.1, 0.15) is 0 Å². The summed E-state index contributed by atoms with van der Waals surface area (Å²) in [5, 5.41) is 3.18. The van der Waals surface area contributed by atoms with Crippen molar-refractivity contribution in [2.24, 2.45) is 5.92 Å². The lowest BCUT2D eigenvalue weighted by Crippen LogP contribution is -2.54. The summed E-state index contributed by atoms with van der Waals surface area (Å²) in [5.41, 5.74) is 1.02. The highest BCUT2D eigenvalue weighted by molar-refractivity contribution is 5.79. The molecular formula is C22H36N4O2. The van der Waals surface area contributed by atoms with E-state index in [2.05, 4.69) is 32.2 Å². The number of carbonyl (C=O) groups excluding carboxylic acids is 1. The summed E-state index contributed by atoms with van der Waals surface area (Å²) in [6, 6.07) is 4.81. The molecule has 0 spiro atoms. The fourth-order valence-electron chi connectivity index (χ4n) is 4.57. The molecule has 2 aliphatic heterocycles. The molecule has 28 heavy (non-hydrogen) atoms. The summed E-state index contributed by atoms with van der Waals surface area (Å²) in [6.45, 7) is 9.85. The zero-order valence-corrected chi connectivity index (χ0v) is 17.7. The zero-order valence-electron chi connectivity index (χ0n) is 17.7. The number of nitrogens with zero attached hydrogens (tertiary/aromatic N) is 3. The molecule has 0 radical (unpaired) electrons. The molecule has 0 aromatic carbocycles. The predicted molar refractivity (Wildman–Crippen MR) is 111 cm³/mol. The van der Waals surface area contributed by atoms with E-state index in [0.29, 0.717) is 12.6 Å². The molecule has 1 atom stereocenters. The summed E-state index contributed by atoms with van der Waals surface area (Å²) in [5.74, 6) is 0.279. The summed E-state index contributed by atoms with van der Waals surface area (Å²) in [6.07, 6.45) is 8.22. The van der Waals surface area contributed by atoms with E-state index < -0.39 is 0 Å². The number of carbonyl (C=O) groups is 1. The highest BCUT2D eigenvalue weighted by Crippen LogP contribution is 2.25. The molecule has 2 saturated heterocycles. The standard InChI is InChI=1S/C22H36N4O2/c1-22(2,17-28-3)24-21(27)19-5-4-12-26(16-19)20-8-13-25(14-9-20)15-18-6-10-23-11-7-18/h6-7,10-11,19-20H,4-5,8-9,12-17H2,1-3H3,(H,24,27). The second-order valence-corrected chi connectivity index (χ2v) is 9.00. The van der Waals surface area contributed by atoms with Crippen molar-refractivity contribution in [3.63, 3.8) is 0 Å². The number of hydrogen-bond donors (Lipinski definition) is 1. The number of amides is 1. The molecule has 1 aromatic rings. The molecule has 2 fully saturated rings. The van der Waals surface area contributed by atoms with Crippen LogP contribution >= 0.6 is 0 Å². The van der Waals surface area contributed by atoms with E-state index in [-0.39, 0.29) is 17.4 Å². The van der Waals surface area contributed by atoms with Gasteiger partial charge in [0.2, 0.25) is 5.91 Å². The molecule has 1 unspecified atom stereocenters. The molecule has 1 aromatic heterocycles. The number of piperidine rings is 2. The van der Waals surface area contributed by atoms with Gasteiger partial charge in [0.25, 0.3) is 0 Å². The Morgan fingerprint density at radius 3 is 2.61 bits per heavy atom. The molecule has 0 saturated carbocycles. The Kier molecular flexibility index (Phi) is 7.43. The number of nitrogens with one attached hydrogen (secondary N) is 1. The van der Waals surface area contributed by atoms with Gasteiger partial charge in [-0.15, -0.1) is 0 Å². The molecule has 156 valence electrons. The van der Waals surface area contributed by atoms with Crippen LogP contribution in [0.5, 0.6) is 0 Å². The van der Waals surface area contributed by atoms with Gasteiger partial charge in [0.05, 0.1) is 18.1 Å². The van der Waals surface area contributed by atoms with Gasteiger partial charge < -0.3 is 10.1 Å². The van der Waals surface area contributed by atoms with Crippen molar-refractivity contribution < 1.29 is 9.53 Å². The van der Waals surface area contributed by atoms with E-state index in [1.54, 1.807) is 7.11 Å². The Morgan fingerprint density at radius 1 is 1.21 bits per heavy atom. The van der Waals surface area contributed by atoms with E-state index in [9.17, 15) is 4.79 Å². The minimum atomic E-state index is -0.313. The third kappa shape index (κ3) is 6.00. The average Bonchev–Trinajstić information content (AvgIpc) is 2.69. The van der Waals surface area contributed by atoms with E-state index in [1.165, 1.54) is 18.4 Å². The Labute approximate surface area is 169 Å². The molecule has 6 nitrogen and oxygen atoms in total. The normalized spacial score (nSPS) is 22.9. The molecular weight excluding hydrogens is 352 g/mol. The van der Waals surface area contributed by atoms with Crippen molar-refractivity contribution in [2.75, 3.05) is 39.9 Å². The van der Waals surface area contributed by atoms with Crippen LogP contribution in [-0.4, -0.2) is 72.2 Å². The highest BCUT2D eigenvalue weighted by atomic mass is 16.5. The van der Waals surface area contributed by atoms with Crippen molar-refractivity contribution in [1.29, 1.82) is 0 Å². The van der Waals surface area contributed by atoms with Crippen molar-refractivity contribution in [3.8, 4) is 0 Å². The van der Waals surface area contributed by atoms with Gasteiger partial charge in [-0.3, -0.25) is 19.6 Å². The fraction of sp³-hybridized carbons (Fsp3) is 0.727. The van der Waals surface area contributed by atoms with Crippen LogP contribution in [0.15, 0.2) is 24.5 Å². The van der Waals surface area contributed by atoms with Crippen LogP contribution in [0.3, 0.4) is 0 Å². The first-order valence-corrected chi connectivity index (χ1v) is 10.6. The van der Waals surface area contributed by atoms with Crippen LogP contribution in [0.2, 0.25) is 0 Å². The molecule has 6 heteroatoms. The van der Waals surface area contributed by atoms with Gasteiger partial charge in [0.15, 0.2) is 0 Å². The first kappa shape index (κ1) is 21.2. The van der Waals surface area contributed by atoms with E-state index in [0.717, 1.165) is 45.6 Å². The predicted octanol–water partition coefficient (Wildman–Crippen LogP) is 2.30. The molecule has 2 aliphatic rings. The minimum Gasteiger partial charge on any atom is -0.382 e. The number of aromatic nitrogens is 1. The van der Waals surface area contributed by atoms with Gasteiger partial charge in [-0.25, -0.2) is 0 Å². The van der Waals surface area contributed by atoms with Gasteiger partial charge in [0, 0.05) is 38.6 Å². The van der Waals surface area contributed by atoms with E-state index in [1.807, 2.05) is 26.2 Å². The molecule has 3 heterocycles. The van der Waals surface area contributed by atoms with Crippen molar-refractivity contribution in [1.82, 2.24) is 20.1 Å². The Bertz CT molecular complexity index is 614. The first-order chi connectivity index (χ1) is 13.5. The lowest BCUT2D eigenvalue weighted by molar-refractivity contribution is -0.129. The van der Waals surface area contributed by atoms with Crippen LogP contribution in [0, 0.1) is 5.92 Å². The van der Waals surface area contributed by atoms with E-state index in [4.69, 9.17) is 4.74 Å². The minimum absolute atomic E-state index is 0.0970. The van der Waals surface area contributed by atoms with Crippen LogP contribution in [0.4, 0.5) is 0 Å². The van der Waals surface area contributed by atoms with Gasteiger partial charge >= 0.3 is 0 Å². The number of hydrogen-bond acceptors (Lipinski definition) is 5. The van der Waals surface area contributed by atoms with Gasteiger partial charge in [-0.2, -0.15) is 0 Å². The Hall–Kier alpha value is -1.50. The maximum Gasteiger partial charge on any atom is 0.224 e. The number of likely N-dealkylation sites (tertiary alicyclic amines) is 2. The second-order valence-electron chi connectivity index (χ2n) is 9.00. The lowest BCUT2D eigenvalue weighted by atomic mass is 9.92. The van der Waals surface area contributed by atoms with Crippen LogP contribution < -0.4 is 5.32 Å². The summed E-state index contributed by atoms with van der Waals surface area (Å²) < 4.78 is 5.23. The van der Waals surface area contributed by atoms with Crippen molar-refractivity contribution in [2.45, 2.75) is 57.7 Å². The lowest BCUT2D eigenvalue weighted by Gasteiger charge is -2.42. The monoisotopic (exact) mass is 388 g/mol. The number of rotatable bonds is 7. The van der Waals surface area contributed by atoms with Gasteiger partial charge in [-0.1, -0.05) is 0 Å². The summed E-state index contributed by atoms with van der Waals surface area (Å²) in [4.78, 5) is 22.0. The number of ether oxygens (including phenoxy) is 1. The molecule has 1 N–H and O–H groups in total. The SMILES string of the molecule is COCC(C)(C)NC(=O)C1CCCN(C2CCN(Cc3ccncc3)CC2)C1. The van der Waals surface area contributed by atoms with Crippen molar-refractivity contribution in [3.05, 3.63) is 30.1 Å². The third-order valence-electron chi connectivity index (χ3n) is 6.02. The smallest absolute Gasteiger partial charge is 0.224 e. The topological polar surface area (TPSA) is 57.7 Å². The maximum absolute atomic E-state index is 12.8. The maximum atomic E-state index is 12.8. The third-order valence-corrected chi connectivity index (χ3v) is 6.02. The van der Waals surface area contributed by atoms with E-state index >= 15 is 0 Å². The quantitative estimate of drug-likeness (QED) is 0.777. The molecule has 3 rings (SSSR count). The second kappa shape index (κ2) is 9.81. The Morgan fingerprint density at radius 2 is 1.93 bits per heavy atom. The number of methoxy groups -OCH3 is 1. The average molecular weight is 389 g/mol. The highest BCUT2D eigenvalue weighted by Gasteiger charge is 2.33. The molecule has 0 bridgehead atoms. The largest absolute Gasteiger partial charge is 0.382 e.